The second-order valence-corrected chi connectivity index (χ2v) is 22.8. The fourth-order valence-electron chi connectivity index (χ4n) is 10.4. The van der Waals surface area contributed by atoms with Crippen LogP contribution >= 0.6 is 0 Å². The van der Waals surface area contributed by atoms with Crippen molar-refractivity contribution in [2.24, 2.45) is 0 Å². The standard InChI is InChI=1S/C66H128O6/c1-4-7-10-13-16-19-22-25-28-29-30-31-32-33-34-35-36-37-39-41-44-47-50-53-56-59-65(68)71-62-63(61-70-64(67)58-55-52-49-46-43-40-27-24-21-18-15-12-9-6-3)72-66(69)60-57-54-51-48-45-42-38-26-23-20-17-14-11-8-5-2/h63H,4-62H2,1-3H3. The van der Waals surface area contributed by atoms with E-state index in [0.29, 0.717) is 19.3 Å². The summed E-state index contributed by atoms with van der Waals surface area (Å²) in [6.07, 6.45) is 71.2. The third-order valence-electron chi connectivity index (χ3n) is 15.4. The summed E-state index contributed by atoms with van der Waals surface area (Å²) in [4.78, 5) is 38.3. The lowest BCUT2D eigenvalue weighted by molar-refractivity contribution is -0.167. The summed E-state index contributed by atoms with van der Waals surface area (Å²) in [5.41, 5.74) is 0. The second-order valence-electron chi connectivity index (χ2n) is 22.8. The molecule has 0 bridgehead atoms. The molecule has 1 atom stereocenters. The number of hydrogen-bond donors (Lipinski definition) is 0. The van der Waals surface area contributed by atoms with Crippen LogP contribution in [0.1, 0.15) is 387 Å². The minimum Gasteiger partial charge on any atom is -0.462 e. The third kappa shape index (κ3) is 59.3. The highest BCUT2D eigenvalue weighted by molar-refractivity contribution is 5.71. The van der Waals surface area contributed by atoms with Crippen molar-refractivity contribution in [1.29, 1.82) is 0 Å². The normalized spacial score (nSPS) is 11.9. The highest BCUT2D eigenvalue weighted by atomic mass is 16.6. The number of esters is 3. The minimum atomic E-state index is -0.762. The Kier molecular flexibility index (Phi) is 60.6. The lowest BCUT2D eigenvalue weighted by atomic mass is 10.0. The molecule has 0 radical (unpaired) electrons. The SMILES string of the molecule is CCCCCCCCCCCCCCCCCCCCCCCCCCCC(=O)OCC(COC(=O)CCCCCCCCCCCCCCCC)OC(=O)CCCCCCCCCCCCCCCCC. The van der Waals surface area contributed by atoms with E-state index in [1.165, 1.54) is 289 Å². The zero-order valence-corrected chi connectivity index (χ0v) is 49.2. The molecule has 0 aliphatic heterocycles. The minimum absolute atomic E-state index is 0.0605. The molecule has 0 amide bonds. The molecule has 0 heterocycles. The Balaban J connectivity index is 4.18. The number of carbonyl (C=O) groups excluding carboxylic acids is 3. The van der Waals surface area contributed by atoms with E-state index in [1.54, 1.807) is 0 Å². The van der Waals surface area contributed by atoms with Crippen molar-refractivity contribution in [1.82, 2.24) is 0 Å². The maximum Gasteiger partial charge on any atom is 0.306 e. The summed E-state index contributed by atoms with van der Waals surface area (Å²) in [6, 6.07) is 0. The molecule has 6 nitrogen and oxygen atoms in total. The van der Waals surface area contributed by atoms with Crippen LogP contribution in [0.3, 0.4) is 0 Å². The van der Waals surface area contributed by atoms with Gasteiger partial charge in [-0.25, -0.2) is 0 Å². The average Bonchev–Trinajstić information content (AvgIpc) is 3.38. The van der Waals surface area contributed by atoms with E-state index < -0.39 is 6.10 Å². The van der Waals surface area contributed by atoms with Gasteiger partial charge in [-0.1, -0.05) is 348 Å². The molecule has 0 rings (SSSR count). The van der Waals surface area contributed by atoms with E-state index in [4.69, 9.17) is 14.2 Å². The molecule has 0 fully saturated rings. The highest BCUT2D eigenvalue weighted by Gasteiger charge is 2.19. The Hall–Kier alpha value is -1.59. The molecule has 0 N–H and O–H groups in total. The van der Waals surface area contributed by atoms with E-state index >= 15 is 0 Å². The van der Waals surface area contributed by atoms with Crippen LogP contribution in [0, 0.1) is 0 Å². The summed E-state index contributed by atoms with van der Waals surface area (Å²) < 4.78 is 17.0. The Bertz CT molecular complexity index is 1080. The van der Waals surface area contributed by atoms with Gasteiger partial charge in [-0.3, -0.25) is 14.4 Å². The first-order valence-corrected chi connectivity index (χ1v) is 33.0. The van der Waals surface area contributed by atoms with Crippen molar-refractivity contribution in [3.05, 3.63) is 0 Å². The van der Waals surface area contributed by atoms with Crippen LogP contribution in [-0.2, 0) is 28.6 Å². The monoisotopic (exact) mass is 1020 g/mol. The van der Waals surface area contributed by atoms with Crippen LogP contribution in [0.15, 0.2) is 0 Å². The molecule has 0 aliphatic rings. The average molecular weight is 1020 g/mol. The van der Waals surface area contributed by atoms with Gasteiger partial charge in [0.25, 0.3) is 0 Å². The fourth-order valence-corrected chi connectivity index (χ4v) is 10.4. The predicted octanol–water partition coefficient (Wildman–Crippen LogP) is 22.3. The van der Waals surface area contributed by atoms with Crippen LogP contribution in [0.5, 0.6) is 0 Å². The maximum absolute atomic E-state index is 12.9. The third-order valence-corrected chi connectivity index (χ3v) is 15.4. The molecule has 0 aromatic carbocycles. The smallest absolute Gasteiger partial charge is 0.306 e. The van der Waals surface area contributed by atoms with Crippen LogP contribution in [0.4, 0.5) is 0 Å². The zero-order valence-electron chi connectivity index (χ0n) is 49.2. The molecule has 6 heteroatoms. The second kappa shape index (κ2) is 62.0. The quantitative estimate of drug-likeness (QED) is 0.0343. The molecule has 0 saturated heterocycles. The molecule has 0 spiro atoms. The van der Waals surface area contributed by atoms with Crippen molar-refractivity contribution < 1.29 is 28.6 Å². The summed E-state index contributed by atoms with van der Waals surface area (Å²) >= 11 is 0. The van der Waals surface area contributed by atoms with Gasteiger partial charge >= 0.3 is 17.9 Å². The van der Waals surface area contributed by atoms with Gasteiger partial charge in [0.1, 0.15) is 13.2 Å². The highest BCUT2D eigenvalue weighted by Crippen LogP contribution is 2.19. The maximum atomic E-state index is 12.9. The van der Waals surface area contributed by atoms with Gasteiger partial charge in [0.2, 0.25) is 0 Å². The molecule has 0 aliphatic carbocycles. The van der Waals surface area contributed by atoms with E-state index in [2.05, 4.69) is 20.8 Å². The molecule has 1 unspecified atom stereocenters. The topological polar surface area (TPSA) is 78.9 Å². The van der Waals surface area contributed by atoms with Crippen LogP contribution in [0.2, 0.25) is 0 Å². The van der Waals surface area contributed by atoms with Gasteiger partial charge in [0.15, 0.2) is 6.10 Å². The molecular weight excluding hydrogens is 889 g/mol. The van der Waals surface area contributed by atoms with E-state index in [9.17, 15) is 14.4 Å². The lowest BCUT2D eigenvalue weighted by Gasteiger charge is -2.18. The largest absolute Gasteiger partial charge is 0.462 e. The van der Waals surface area contributed by atoms with Crippen molar-refractivity contribution in [3.8, 4) is 0 Å². The summed E-state index contributed by atoms with van der Waals surface area (Å²) in [7, 11) is 0. The van der Waals surface area contributed by atoms with Gasteiger partial charge in [0, 0.05) is 19.3 Å². The van der Waals surface area contributed by atoms with Crippen molar-refractivity contribution >= 4 is 17.9 Å². The Labute approximate surface area is 450 Å². The molecule has 0 saturated carbocycles. The first kappa shape index (κ1) is 70.4. The first-order chi connectivity index (χ1) is 35.5. The summed E-state index contributed by atoms with van der Waals surface area (Å²) in [5, 5.41) is 0. The van der Waals surface area contributed by atoms with Gasteiger partial charge in [0.05, 0.1) is 0 Å². The summed E-state index contributed by atoms with van der Waals surface area (Å²) in [6.45, 7) is 6.73. The van der Waals surface area contributed by atoms with E-state index in [0.717, 1.165) is 57.8 Å². The van der Waals surface area contributed by atoms with Gasteiger partial charge in [-0.2, -0.15) is 0 Å². The Morgan fingerprint density at radius 3 is 0.556 bits per heavy atom. The molecular formula is C66H128O6. The van der Waals surface area contributed by atoms with Gasteiger partial charge in [-0.15, -0.1) is 0 Å². The van der Waals surface area contributed by atoms with E-state index in [-0.39, 0.29) is 31.1 Å². The van der Waals surface area contributed by atoms with Crippen LogP contribution < -0.4 is 0 Å². The number of ether oxygens (including phenoxy) is 3. The first-order valence-electron chi connectivity index (χ1n) is 33.0. The summed E-state index contributed by atoms with van der Waals surface area (Å²) in [5.74, 6) is -0.825. The number of hydrogen-bond acceptors (Lipinski definition) is 6. The van der Waals surface area contributed by atoms with Crippen molar-refractivity contribution in [3.63, 3.8) is 0 Å². The van der Waals surface area contributed by atoms with Crippen molar-refractivity contribution in [2.75, 3.05) is 13.2 Å². The molecule has 0 aromatic heterocycles. The van der Waals surface area contributed by atoms with Gasteiger partial charge in [-0.05, 0) is 19.3 Å². The van der Waals surface area contributed by atoms with Crippen LogP contribution in [-0.4, -0.2) is 37.2 Å². The lowest BCUT2D eigenvalue weighted by Crippen LogP contribution is -2.30. The van der Waals surface area contributed by atoms with E-state index in [1.807, 2.05) is 0 Å². The Morgan fingerprint density at radius 1 is 0.222 bits per heavy atom. The molecule has 0 aromatic rings. The predicted molar refractivity (Wildman–Crippen MR) is 312 cm³/mol. The Morgan fingerprint density at radius 2 is 0.375 bits per heavy atom. The van der Waals surface area contributed by atoms with Gasteiger partial charge < -0.3 is 14.2 Å². The number of rotatable bonds is 62. The number of carbonyl (C=O) groups is 3. The molecule has 72 heavy (non-hydrogen) atoms. The molecule has 428 valence electrons. The van der Waals surface area contributed by atoms with Crippen molar-refractivity contribution in [2.45, 2.75) is 393 Å². The zero-order chi connectivity index (χ0) is 52.2. The van der Waals surface area contributed by atoms with Crippen LogP contribution in [0.25, 0.3) is 0 Å². The number of unbranched alkanes of at least 4 members (excludes halogenated alkanes) is 51. The fraction of sp³-hybridized carbons (Fsp3) is 0.955.